The van der Waals surface area contributed by atoms with Crippen molar-refractivity contribution in [3.05, 3.63) is 0 Å². The Kier molecular flexibility index (Phi) is 2.33. The van der Waals surface area contributed by atoms with Gasteiger partial charge in [0.15, 0.2) is 0 Å². The van der Waals surface area contributed by atoms with Gasteiger partial charge in [-0.1, -0.05) is 6.92 Å². The first-order valence-corrected chi connectivity index (χ1v) is 4.91. The Labute approximate surface area is 81.7 Å². The molecule has 2 aliphatic rings. The number of halogens is 2. The number of urea groups is 1. The van der Waals surface area contributed by atoms with Crippen LogP contribution in [0.5, 0.6) is 0 Å². The highest BCUT2D eigenvalue weighted by atomic mass is 19.3. The molecule has 2 amide bonds. The number of hydrogen-bond donors (Lipinski definition) is 0. The third-order valence-electron chi connectivity index (χ3n) is 2.93. The summed E-state index contributed by atoms with van der Waals surface area (Å²) < 4.78 is 24.2. The molecule has 14 heavy (non-hydrogen) atoms. The van der Waals surface area contributed by atoms with Crippen molar-refractivity contribution < 1.29 is 13.6 Å². The van der Waals surface area contributed by atoms with Gasteiger partial charge in [0.25, 0.3) is 6.43 Å². The molecule has 0 N–H and O–H groups in total. The predicted molar refractivity (Wildman–Crippen MR) is 47.2 cm³/mol. The van der Waals surface area contributed by atoms with E-state index in [1.165, 1.54) is 4.90 Å². The van der Waals surface area contributed by atoms with E-state index in [1.54, 1.807) is 4.90 Å². The average Bonchev–Trinajstić information content (AvgIpc) is 2.53. The number of amides is 2. The topological polar surface area (TPSA) is 23.6 Å². The second-order valence-electron chi connectivity index (χ2n) is 4.23. The molecule has 0 aliphatic carbocycles. The summed E-state index contributed by atoms with van der Waals surface area (Å²) in [6.07, 6.45) is -1.47. The molecule has 0 aromatic heterocycles. The molecule has 2 rings (SSSR count). The minimum absolute atomic E-state index is 0.177. The highest BCUT2D eigenvalue weighted by molar-refractivity contribution is 5.77. The second kappa shape index (κ2) is 3.37. The molecular weight excluding hydrogens is 190 g/mol. The van der Waals surface area contributed by atoms with Crippen molar-refractivity contribution in [2.45, 2.75) is 25.8 Å². The number of nitrogens with zero attached hydrogens (tertiary/aromatic N) is 2. The van der Waals surface area contributed by atoms with Crippen molar-refractivity contribution in [3.63, 3.8) is 0 Å². The molecule has 2 fully saturated rings. The highest BCUT2D eigenvalue weighted by Crippen LogP contribution is 2.29. The summed E-state index contributed by atoms with van der Waals surface area (Å²) >= 11 is 0. The number of rotatable bonds is 2. The van der Waals surface area contributed by atoms with Gasteiger partial charge in [-0.2, -0.15) is 0 Å². The van der Waals surface area contributed by atoms with Crippen LogP contribution in [0.1, 0.15) is 13.3 Å². The monoisotopic (exact) mass is 204 g/mol. The molecule has 2 unspecified atom stereocenters. The van der Waals surface area contributed by atoms with Crippen LogP contribution in [-0.4, -0.2) is 47.9 Å². The smallest absolute Gasteiger partial charge is 0.320 e. The first-order valence-electron chi connectivity index (χ1n) is 4.91. The van der Waals surface area contributed by atoms with Crippen molar-refractivity contribution in [1.29, 1.82) is 0 Å². The molecule has 5 heteroatoms. The Bertz CT molecular complexity index is 247. The van der Waals surface area contributed by atoms with Gasteiger partial charge < -0.3 is 9.80 Å². The third-order valence-corrected chi connectivity index (χ3v) is 2.93. The second-order valence-corrected chi connectivity index (χ2v) is 4.23. The summed E-state index contributed by atoms with van der Waals surface area (Å²) in [4.78, 5) is 14.6. The van der Waals surface area contributed by atoms with Crippen LogP contribution >= 0.6 is 0 Å². The maximum atomic E-state index is 12.1. The summed E-state index contributed by atoms with van der Waals surface area (Å²) in [6, 6.07) is -0.0316. The van der Waals surface area contributed by atoms with Gasteiger partial charge in [0.1, 0.15) is 0 Å². The summed E-state index contributed by atoms with van der Waals surface area (Å²) in [5.41, 5.74) is 0. The molecule has 0 radical (unpaired) electrons. The van der Waals surface area contributed by atoms with Crippen LogP contribution in [0.4, 0.5) is 13.6 Å². The van der Waals surface area contributed by atoms with E-state index in [0.717, 1.165) is 13.0 Å². The van der Waals surface area contributed by atoms with E-state index in [-0.39, 0.29) is 12.1 Å². The molecule has 0 saturated carbocycles. The van der Waals surface area contributed by atoms with Crippen LogP contribution < -0.4 is 0 Å². The molecule has 2 heterocycles. The normalized spacial score (nSPS) is 31.9. The molecule has 2 saturated heterocycles. The zero-order chi connectivity index (χ0) is 10.3. The molecule has 80 valence electrons. The van der Waals surface area contributed by atoms with Crippen molar-refractivity contribution in [2.75, 3.05) is 19.6 Å². The lowest BCUT2D eigenvalue weighted by Gasteiger charge is -2.17. The Hall–Kier alpha value is -0.870. The van der Waals surface area contributed by atoms with Crippen molar-refractivity contribution in [3.8, 4) is 0 Å². The number of fused-ring (bicyclic) bond motifs is 1. The fourth-order valence-corrected chi connectivity index (χ4v) is 2.39. The Morgan fingerprint density at radius 1 is 1.50 bits per heavy atom. The van der Waals surface area contributed by atoms with Gasteiger partial charge in [0, 0.05) is 13.1 Å². The van der Waals surface area contributed by atoms with Crippen LogP contribution in [0, 0.1) is 5.92 Å². The number of hydrogen-bond acceptors (Lipinski definition) is 1. The molecule has 2 aliphatic heterocycles. The predicted octanol–water partition coefficient (Wildman–Crippen LogP) is 1.40. The van der Waals surface area contributed by atoms with Crippen LogP contribution in [0.2, 0.25) is 0 Å². The quantitative estimate of drug-likeness (QED) is 0.667. The summed E-state index contributed by atoms with van der Waals surface area (Å²) in [5.74, 6) is 0.512. The van der Waals surface area contributed by atoms with E-state index in [4.69, 9.17) is 0 Å². The Morgan fingerprint density at radius 3 is 2.79 bits per heavy atom. The lowest BCUT2D eigenvalue weighted by atomic mass is 10.1. The first-order chi connectivity index (χ1) is 6.58. The summed E-state index contributed by atoms with van der Waals surface area (Å²) in [7, 11) is 0. The zero-order valence-electron chi connectivity index (χ0n) is 8.12. The largest absolute Gasteiger partial charge is 0.320 e. The van der Waals surface area contributed by atoms with Gasteiger partial charge in [0.05, 0.1) is 12.6 Å². The molecular formula is C9H14F2N2O. The summed E-state index contributed by atoms with van der Waals surface area (Å²) in [6.45, 7) is 2.88. The van der Waals surface area contributed by atoms with Crippen LogP contribution in [0.3, 0.4) is 0 Å². The van der Waals surface area contributed by atoms with Crippen molar-refractivity contribution >= 4 is 6.03 Å². The van der Waals surface area contributed by atoms with Gasteiger partial charge in [0.2, 0.25) is 0 Å². The molecule has 0 spiro atoms. The van der Waals surface area contributed by atoms with E-state index < -0.39 is 13.0 Å². The highest BCUT2D eigenvalue weighted by Gasteiger charge is 2.43. The molecule has 2 atom stereocenters. The molecule has 3 nitrogen and oxygen atoms in total. The van der Waals surface area contributed by atoms with Gasteiger partial charge in [-0.25, -0.2) is 13.6 Å². The van der Waals surface area contributed by atoms with Crippen LogP contribution in [0.25, 0.3) is 0 Å². The standard InChI is InChI=1S/C9H14F2N2O/c1-6-2-7-4-12(5-8(10)11)9(14)13(7)3-6/h6-8H,2-5H2,1H3. The van der Waals surface area contributed by atoms with E-state index in [0.29, 0.717) is 12.5 Å². The maximum Gasteiger partial charge on any atom is 0.320 e. The fourth-order valence-electron chi connectivity index (χ4n) is 2.39. The van der Waals surface area contributed by atoms with Gasteiger partial charge in [-0.3, -0.25) is 0 Å². The van der Waals surface area contributed by atoms with Gasteiger partial charge in [-0.15, -0.1) is 0 Å². The average molecular weight is 204 g/mol. The van der Waals surface area contributed by atoms with Crippen LogP contribution in [-0.2, 0) is 0 Å². The van der Waals surface area contributed by atoms with E-state index >= 15 is 0 Å². The number of alkyl halides is 2. The SMILES string of the molecule is CC1CC2CN(CC(F)F)C(=O)N2C1. The lowest BCUT2D eigenvalue weighted by Crippen LogP contribution is -2.35. The number of carbonyl (C=O) groups excluding carboxylic acids is 1. The first kappa shape index (κ1) is 9.68. The van der Waals surface area contributed by atoms with E-state index in [1.807, 2.05) is 0 Å². The third kappa shape index (κ3) is 1.55. The summed E-state index contributed by atoms with van der Waals surface area (Å²) in [5, 5.41) is 0. The van der Waals surface area contributed by atoms with E-state index in [9.17, 15) is 13.6 Å². The minimum atomic E-state index is -2.42. The van der Waals surface area contributed by atoms with Crippen molar-refractivity contribution in [1.82, 2.24) is 9.80 Å². The van der Waals surface area contributed by atoms with Crippen molar-refractivity contribution in [2.24, 2.45) is 5.92 Å². The fraction of sp³-hybridized carbons (Fsp3) is 0.889. The van der Waals surface area contributed by atoms with Gasteiger partial charge in [-0.05, 0) is 12.3 Å². The van der Waals surface area contributed by atoms with Crippen LogP contribution in [0.15, 0.2) is 0 Å². The van der Waals surface area contributed by atoms with Gasteiger partial charge >= 0.3 is 6.03 Å². The lowest BCUT2D eigenvalue weighted by molar-refractivity contribution is 0.104. The molecule has 0 bridgehead atoms. The van der Waals surface area contributed by atoms with E-state index in [2.05, 4.69) is 6.92 Å². The minimum Gasteiger partial charge on any atom is -0.320 e. The Balaban J connectivity index is 1.98. The Morgan fingerprint density at radius 2 is 2.21 bits per heavy atom. The molecule has 0 aromatic carbocycles. The maximum absolute atomic E-state index is 12.1. The number of carbonyl (C=O) groups is 1. The zero-order valence-corrected chi connectivity index (χ0v) is 8.12. The molecule has 0 aromatic rings.